The third kappa shape index (κ3) is 12.2. The summed E-state index contributed by atoms with van der Waals surface area (Å²) in [7, 11) is 6.06. The van der Waals surface area contributed by atoms with E-state index in [-0.39, 0.29) is 18.8 Å². The van der Waals surface area contributed by atoms with Crippen molar-refractivity contribution < 1.29 is 10.2 Å². The summed E-state index contributed by atoms with van der Waals surface area (Å²) in [4.78, 5) is 4.34. The van der Waals surface area contributed by atoms with Crippen LogP contribution in [0, 0.1) is 0 Å². The first-order valence-corrected chi connectivity index (χ1v) is 10.4. The number of aliphatic hydroxyl groups excluding tert-OH is 2. The summed E-state index contributed by atoms with van der Waals surface area (Å²) in [6, 6.07) is 1.67. The molecular formula is C20H48N4O2. The largest absolute Gasteiger partial charge is 0.395 e. The average molecular weight is 377 g/mol. The van der Waals surface area contributed by atoms with Gasteiger partial charge in [-0.2, -0.15) is 0 Å². The van der Waals surface area contributed by atoms with Crippen LogP contribution in [-0.4, -0.2) is 97.7 Å². The van der Waals surface area contributed by atoms with Crippen LogP contribution in [0.3, 0.4) is 0 Å². The zero-order valence-corrected chi connectivity index (χ0v) is 18.9. The Balaban J connectivity index is 0. The van der Waals surface area contributed by atoms with Gasteiger partial charge in [0.25, 0.3) is 0 Å². The van der Waals surface area contributed by atoms with Crippen molar-refractivity contribution in [2.24, 2.45) is 0 Å². The Labute approximate surface area is 163 Å². The molecule has 2 fully saturated rings. The third-order valence-electron chi connectivity index (χ3n) is 4.33. The highest BCUT2D eigenvalue weighted by atomic mass is 16.3. The van der Waals surface area contributed by atoms with Crippen molar-refractivity contribution >= 4 is 0 Å². The number of aliphatic hydroxyl groups is 2. The first-order valence-electron chi connectivity index (χ1n) is 10.4. The molecular weight excluding hydrogens is 328 g/mol. The molecule has 2 saturated heterocycles. The highest BCUT2D eigenvalue weighted by Crippen LogP contribution is 2.14. The minimum absolute atomic E-state index is 0.192. The number of β-amino-alcohol motifs (C(OH)–C–C–N with tert-alkyl or cyclic N) is 1. The highest BCUT2D eigenvalue weighted by Gasteiger charge is 2.29. The van der Waals surface area contributed by atoms with Gasteiger partial charge in [-0.25, -0.2) is 0 Å². The summed E-state index contributed by atoms with van der Waals surface area (Å²) in [6.07, 6.45) is 2.13. The molecule has 26 heavy (non-hydrogen) atoms. The molecule has 0 aromatic heterocycles. The molecule has 4 atom stereocenters. The van der Waals surface area contributed by atoms with E-state index in [1.807, 2.05) is 27.9 Å². The number of likely N-dealkylation sites (N-methyl/N-ethyl adjacent to an activating group) is 3. The van der Waals surface area contributed by atoms with E-state index in [1.54, 1.807) is 0 Å². The van der Waals surface area contributed by atoms with E-state index in [9.17, 15) is 5.11 Å². The van der Waals surface area contributed by atoms with Gasteiger partial charge >= 0.3 is 0 Å². The smallest absolute Gasteiger partial charge is 0.0832 e. The van der Waals surface area contributed by atoms with Crippen LogP contribution in [0.4, 0.5) is 0 Å². The molecule has 0 amide bonds. The standard InChI is InChI=1S/C8H18N2O.C7H16N2O.C3H8.C2H6/c1-6(2)9-7-4-10(3)5-8(7)11;1-8-6-3-7(5-10)9(2)4-6;1-3-2;1-2/h6-9,11H,4-5H2,1-3H3;6-8,10H,3-5H2,1-2H3;3H2,1-2H3;1-2H3. The van der Waals surface area contributed by atoms with Gasteiger partial charge in [0.2, 0.25) is 0 Å². The molecule has 6 heteroatoms. The van der Waals surface area contributed by atoms with Crippen molar-refractivity contribution in [2.45, 2.75) is 84.7 Å². The Hall–Kier alpha value is -0.240. The van der Waals surface area contributed by atoms with Crippen LogP contribution in [0.5, 0.6) is 0 Å². The number of hydrogen-bond acceptors (Lipinski definition) is 6. The second kappa shape index (κ2) is 16.9. The lowest BCUT2D eigenvalue weighted by Gasteiger charge is -2.18. The fraction of sp³-hybridized carbons (Fsp3) is 1.00. The minimum Gasteiger partial charge on any atom is -0.395 e. The Morgan fingerprint density at radius 2 is 1.62 bits per heavy atom. The number of nitrogens with one attached hydrogen (secondary N) is 2. The van der Waals surface area contributed by atoms with E-state index in [2.05, 4.69) is 55.2 Å². The Morgan fingerprint density at radius 3 is 1.88 bits per heavy atom. The van der Waals surface area contributed by atoms with Crippen LogP contribution in [0.15, 0.2) is 0 Å². The fourth-order valence-electron chi connectivity index (χ4n) is 3.07. The average Bonchev–Trinajstić information content (AvgIpc) is 3.11. The summed E-state index contributed by atoms with van der Waals surface area (Å²) < 4.78 is 0. The number of rotatable bonds is 4. The Morgan fingerprint density at radius 1 is 1.08 bits per heavy atom. The number of hydrogen-bond donors (Lipinski definition) is 4. The van der Waals surface area contributed by atoms with Crippen molar-refractivity contribution in [3.8, 4) is 0 Å². The summed E-state index contributed by atoms with van der Waals surface area (Å²) in [5.41, 5.74) is 0. The second-order valence-corrected chi connectivity index (χ2v) is 7.42. The molecule has 2 aliphatic heterocycles. The Kier molecular flexibility index (Phi) is 18.2. The normalized spacial score (nSPS) is 28.6. The van der Waals surface area contributed by atoms with Crippen LogP contribution >= 0.6 is 0 Å². The molecule has 6 nitrogen and oxygen atoms in total. The zero-order valence-electron chi connectivity index (χ0n) is 18.9. The topological polar surface area (TPSA) is 71.0 Å². The molecule has 160 valence electrons. The highest BCUT2D eigenvalue weighted by molar-refractivity contribution is 4.88. The maximum absolute atomic E-state index is 9.50. The molecule has 2 heterocycles. The zero-order chi connectivity index (χ0) is 20.7. The van der Waals surface area contributed by atoms with Crippen LogP contribution in [-0.2, 0) is 0 Å². The SMILES string of the molecule is CC.CC(C)NC1CN(C)CC1O.CCC.CNC1CC(CO)N(C)C1. The predicted molar refractivity (Wildman–Crippen MR) is 114 cm³/mol. The van der Waals surface area contributed by atoms with E-state index in [0.29, 0.717) is 18.1 Å². The Bertz CT molecular complexity index is 306. The van der Waals surface area contributed by atoms with Crippen LogP contribution in [0.2, 0.25) is 0 Å². The van der Waals surface area contributed by atoms with Gasteiger partial charge in [0.05, 0.1) is 12.7 Å². The van der Waals surface area contributed by atoms with Crippen LogP contribution in [0.25, 0.3) is 0 Å². The monoisotopic (exact) mass is 376 g/mol. The molecule has 0 radical (unpaired) electrons. The fourth-order valence-corrected chi connectivity index (χ4v) is 3.07. The maximum Gasteiger partial charge on any atom is 0.0832 e. The van der Waals surface area contributed by atoms with Crippen molar-refractivity contribution in [1.82, 2.24) is 20.4 Å². The van der Waals surface area contributed by atoms with E-state index in [4.69, 9.17) is 5.11 Å². The molecule has 4 N–H and O–H groups in total. The maximum atomic E-state index is 9.50. The first kappa shape index (κ1) is 28.0. The van der Waals surface area contributed by atoms with Gasteiger partial charge < -0.3 is 25.7 Å². The van der Waals surface area contributed by atoms with Gasteiger partial charge in [0.15, 0.2) is 0 Å². The molecule has 2 aliphatic rings. The molecule has 0 aromatic carbocycles. The minimum atomic E-state index is -0.192. The molecule has 0 aromatic rings. The predicted octanol–water partition coefficient (Wildman–Crippen LogP) is 1.37. The van der Waals surface area contributed by atoms with E-state index in [1.165, 1.54) is 6.42 Å². The van der Waals surface area contributed by atoms with Crippen molar-refractivity contribution in [2.75, 3.05) is 47.4 Å². The van der Waals surface area contributed by atoms with Crippen molar-refractivity contribution in [3.63, 3.8) is 0 Å². The quantitative estimate of drug-likeness (QED) is 0.594. The van der Waals surface area contributed by atoms with Gasteiger partial charge in [-0.15, -0.1) is 0 Å². The van der Waals surface area contributed by atoms with E-state index < -0.39 is 0 Å². The second-order valence-electron chi connectivity index (χ2n) is 7.42. The lowest BCUT2D eigenvalue weighted by molar-refractivity contribution is 0.153. The van der Waals surface area contributed by atoms with E-state index >= 15 is 0 Å². The molecule has 0 saturated carbocycles. The van der Waals surface area contributed by atoms with Crippen molar-refractivity contribution in [1.29, 1.82) is 0 Å². The van der Waals surface area contributed by atoms with Crippen molar-refractivity contribution in [3.05, 3.63) is 0 Å². The molecule has 0 bridgehead atoms. The van der Waals surface area contributed by atoms with Crippen LogP contribution in [0.1, 0.15) is 54.4 Å². The van der Waals surface area contributed by atoms with Gasteiger partial charge in [0, 0.05) is 43.8 Å². The van der Waals surface area contributed by atoms with Gasteiger partial charge in [0.1, 0.15) is 0 Å². The van der Waals surface area contributed by atoms with Gasteiger partial charge in [-0.05, 0) is 27.6 Å². The number of nitrogens with zero attached hydrogens (tertiary/aromatic N) is 2. The molecule has 2 rings (SSSR count). The third-order valence-corrected chi connectivity index (χ3v) is 4.33. The molecule has 0 spiro atoms. The van der Waals surface area contributed by atoms with E-state index in [0.717, 1.165) is 26.1 Å². The lowest BCUT2D eigenvalue weighted by atomic mass is 10.2. The lowest BCUT2D eigenvalue weighted by Crippen LogP contribution is -2.42. The first-order chi connectivity index (χ1) is 12.3. The summed E-state index contributed by atoms with van der Waals surface area (Å²) in [5, 5.41) is 24.9. The molecule has 4 unspecified atom stereocenters. The summed E-state index contributed by atoms with van der Waals surface area (Å²) in [5.74, 6) is 0. The van der Waals surface area contributed by atoms with Crippen LogP contribution < -0.4 is 10.6 Å². The molecule has 0 aliphatic carbocycles. The van der Waals surface area contributed by atoms with Gasteiger partial charge in [-0.1, -0.05) is 48.0 Å². The summed E-state index contributed by atoms with van der Waals surface area (Å²) >= 11 is 0. The summed E-state index contributed by atoms with van der Waals surface area (Å²) in [6.45, 7) is 15.6. The van der Waals surface area contributed by atoms with Gasteiger partial charge in [-0.3, -0.25) is 4.90 Å². The number of likely N-dealkylation sites (tertiary alicyclic amines) is 2.